The molecule has 0 saturated carbocycles. The Morgan fingerprint density at radius 3 is 2.26 bits per heavy atom. The van der Waals surface area contributed by atoms with Gasteiger partial charge in [0.1, 0.15) is 5.84 Å². The number of amides is 1. The Balaban J connectivity index is 2.45. The van der Waals surface area contributed by atoms with Crippen LogP contribution in [0.15, 0.2) is 16.3 Å². The van der Waals surface area contributed by atoms with Crippen LogP contribution in [0.1, 0.15) is 48.5 Å². The van der Waals surface area contributed by atoms with Crippen LogP contribution < -0.4 is 5.73 Å². The Morgan fingerprint density at radius 1 is 1.17 bits per heavy atom. The molecule has 2 N–H and O–H groups in total. The number of carbonyl (C=O) groups excluding carboxylic acids is 1. The van der Waals surface area contributed by atoms with Crippen molar-refractivity contribution in [1.82, 2.24) is 9.80 Å². The summed E-state index contributed by atoms with van der Waals surface area (Å²) in [4.78, 5) is 20.9. The Labute approximate surface area is 140 Å². The number of primary amides is 1. The summed E-state index contributed by atoms with van der Waals surface area (Å²) in [7, 11) is 0. The molecule has 2 heterocycles. The van der Waals surface area contributed by atoms with Crippen molar-refractivity contribution in [2.75, 3.05) is 26.2 Å². The summed E-state index contributed by atoms with van der Waals surface area (Å²) >= 11 is 0. The fourth-order valence-electron chi connectivity index (χ4n) is 3.79. The van der Waals surface area contributed by atoms with Gasteiger partial charge in [-0.15, -0.1) is 0 Å². The molecule has 0 aromatic carbocycles. The van der Waals surface area contributed by atoms with Crippen molar-refractivity contribution in [2.24, 2.45) is 21.6 Å². The zero-order valence-corrected chi connectivity index (χ0v) is 15.7. The third-order valence-electron chi connectivity index (χ3n) is 4.50. The van der Waals surface area contributed by atoms with Crippen LogP contribution >= 0.6 is 0 Å². The highest BCUT2D eigenvalue weighted by Gasteiger charge is 2.40. The second kappa shape index (κ2) is 5.93. The molecule has 130 valence electrons. The lowest BCUT2D eigenvalue weighted by Crippen LogP contribution is -2.55. The number of nitrogens with two attached hydrogens (primary N) is 1. The van der Waals surface area contributed by atoms with Gasteiger partial charge in [-0.25, -0.2) is 0 Å². The molecule has 1 atom stereocenters. The number of aliphatic imine (C=N–C) groups is 1. The van der Waals surface area contributed by atoms with E-state index >= 15 is 0 Å². The van der Waals surface area contributed by atoms with Crippen molar-refractivity contribution < 1.29 is 4.79 Å². The summed E-state index contributed by atoms with van der Waals surface area (Å²) in [6.45, 7) is 18.4. The number of amidine groups is 1. The standard InChI is InChI=1S/C18H32N4O/c1-12-15(17(2,3)4)13-10-21(11-14(19)23)8-9-22(13)16(20-12)18(5,6)7/h12H,8-11H2,1-7H3,(H2,19,23)/t12-/m0/s1. The van der Waals surface area contributed by atoms with Gasteiger partial charge in [0, 0.05) is 30.7 Å². The molecule has 1 saturated heterocycles. The normalized spacial score (nSPS) is 23.7. The average molecular weight is 320 g/mol. The fraction of sp³-hybridized carbons (Fsp3) is 0.778. The molecule has 5 nitrogen and oxygen atoms in total. The first-order chi connectivity index (χ1) is 10.4. The van der Waals surface area contributed by atoms with Crippen molar-refractivity contribution in [1.29, 1.82) is 0 Å². The van der Waals surface area contributed by atoms with E-state index in [-0.39, 0.29) is 22.8 Å². The predicted octanol–water partition coefficient (Wildman–Crippen LogP) is 2.24. The monoisotopic (exact) mass is 320 g/mol. The van der Waals surface area contributed by atoms with Gasteiger partial charge >= 0.3 is 0 Å². The molecule has 0 aromatic heterocycles. The lowest BCUT2D eigenvalue weighted by atomic mass is 9.78. The Hall–Kier alpha value is -1.36. The number of fused-ring (bicyclic) bond motifs is 1. The van der Waals surface area contributed by atoms with E-state index in [1.54, 1.807) is 0 Å². The van der Waals surface area contributed by atoms with E-state index in [0.717, 1.165) is 25.5 Å². The SMILES string of the molecule is C[C@@H]1N=C(C(C)(C)C)N2CCN(CC(N)=O)CC2=C1C(C)(C)C. The molecule has 5 heteroatoms. The van der Waals surface area contributed by atoms with Crippen LogP contribution in [-0.4, -0.2) is 53.8 Å². The lowest BCUT2D eigenvalue weighted by molar-refractivity contribution is -0.119. The Morgan fingerprint density at radius 2 is 1.78 bits per heavy atom. The molecule has 0 aliphatic carbocycles. The lowest BCUT2D eigenvalue weighted by Gasteiger charge is -2.48. The zero-order chi connectivity index (χ0) is 17.6. The molecule has 1 fully saturated rings. The molecule has 23 heavy (non-hydrogen) atoms. The average Bonchev–Trinajstić information content (AvgIpc) is 2.33. The van der Waals surface area contributed by atoms with E-state index in [4.69, 9.17) is 10.7 Å². The molecule has 0 bridgehead atoms. The van der Waals surface area contributed by atoms with Crippen LogP contribution in [-0.2, 0) is 4.79 Å². The third kappa shape index (κ3) is 3.77. The van der Waals surface area contributed by atoms with Gasteiger partial charge < -0.3 is 10.6 Å². The molecule has 0 spiro atoms. The van der Waals surface area contributed by atoms with Crippen molar-refractivity contribution in [3.8, 4) is 0 Å². The summed E-state index contributed by atoms with van der Waals surface area (Å²) < 4.78 is 0. The minimum Gasteiger partial charge on any atom is -0.369 e. The fourth-order valence-corrected chi connectivity index (χ4v) is 3.79. The first kappa shape index (κ1) is 18.0. The van der Waals surface area contributed by atoms with Crippen LogP contribution in [0, 0.1) is 10.8 Å². The van der Waals surface area contributed by atoms with Gasteiger partial charge in [-0.1, -0.05) is 41.5 Å². The number of nitrogens with zero attached hydrogens (tertiary/aromatic N) is 3. The van der Waals surface area contributed by atoms with E-state index in [1.807, 2.05) is 0 Å². The summed E-state index contributed by atoms with van der Waals surface area (Å²) in [6, 6.07) is 0.170. The molecule has 0 radical (unpaired) electrons. The van der Waals surface area contributed by atoms with Crippen molar-refractivity contribution in [3.05, 3.63) is 11.3 Å². The summed E-state index contributed by atoms with van der Waals surface area (Å²) in [5.41, 5.74) is 8.15. The smallest absolute Gasteiger partial charge is 0.231 e. The van der Waals surface area contributed by atoms with Crippen LogP contribution in [0.2, 0.25) is 0 Å². The maximum atomic E-state index is 11.3. The number of rotatable bonds is 2. The maximum Gasteiger partial charge on any atom is 0.231 e. The minimum absolute atomic E-state index is 0.00871. The van der Waals surface area contributed by atoms with Gasteiger partial charge in [-0.05, 0) is 17.9 Å². The van der Waals surface area contributed by atoms with Gasteiger partial charge in [0.2, 0.25) is 5.91 Å². The topological polar surface area (TPSA) is 61.9 Å². The first-order valence-electron chi connectivity index (χ1n) is 8.51. The largest absolute Gasteiger partial charge is 0.369 e. The zero-order valence-electron chi connectivity index (χ0n) is 15.7. The van der Waals surface area contributed by atoms with Crippen molar-refractivity contribution in [3.63, 3.8) is 0 Å². The molecule has 0 unspecified atom stereocenters. The second-order valence-corrected chi connectivity index (χ2v) is 8.82. The second-order valence-electron chi connectivity index (χ2n) is 8.82. The van der Waals surface area contributed by atoms with Gasteiger partial charge in [0.05, 0.1) is 12.6 Å². The molecular formula is C18H32N4O. The third-order valence-corrected chi connectivity index (χ3v) is 4.50. The minimum atomic E-state index is -0.259. The van der Waals surface area contributed by atoms with E-state index in [2.05, 4.69) is 58.3 Å². The number of carbonyl (C=O) groups is 1. The van der Waals surface area contributed by atoms with Crippen LogP contribution in [0.5, 0.6) is 0 Å². The highest BCUT2D eigenvalue weighted by Crippen LogP contribution is 2.40. The highest BCUT2D eigenvalue weighted by atomic mass is 16.1. The summed E-state index contributed by atoms with van der Waals surface area (Å²) in [5, 5.41) is 0. The summed E-state index contributed by atoms with van der Waals surface area (Å²) in [6.07, 6.45) is 0. The van der Waals surface area contributed by atoms with Crippen molar-refractivity contribution >= 4 is 11.7 Å². The number of piperazine rings is 1. The van der Waals surface area contributed by atoms with Gasteiger partial charge in [-0.2, -0.15) is 0 Å². The van der Waals surface area contributed by atoms with Crippen LogP contribution in [0.3, 0.4) is 0 Å². The number of hydrogen-bond donors (Lipinski definition) is 1. The van der Waals surface area contributed by atoms with E-state index in [9.17, 15) is 4.79 Å². The maximum absolute atomic E-state index is 11.3. The van der Waals surface area contributed by atoms with Gasteiger partial charge in [-0.3, -0.25) is 14.7 Å². The summed E-state index contributed by atoms with van der Waals surface area (Å²) in [5.74, 6) is 0.900. The van der Waals surface area contributed by atoms with Crippen LogP contribution in [0.4, 0.5) is 0 Å². The van der Waals surface area contributed by atoms with E-state index < -0.39 is 0 Å². The molecule has 0 aromatic rings. The van der Waals surface area contributed by atoms with Gasteiger partial charge in [0.25, 0.3) is 0 Å². The quantitative estimate of drug-likeness (QED) is 0.849. The predicted molar refractivity (Wildman–Crippen MR) is 95.2 cm³/mol. The van der Waals surface area contributed by atoms with E-state index in [0.29, 0.717) is 6.54 Å². The Kier molecular flexibility index (Phi) is 4.64. The highest BCUT2D eigenvalue weighted by molar-refractivity contribution is 5.90. The van der Waals surface area contributed by atoms with Crippen molar-refractivity contribution in [2.45, 2.75) is 54.5 Å². The van der Waals surface area contributed by atoms with E-state index in [1.165, 1.54) is 11.3 Å². The molecule has 2 aliphatic rings. The number of hydrogen-bond acceptors (Lipinski definition) is 4. The van der Waals surface area contributed by atoms with Crippen LogP contribution in [0.25, 0.3) is 0 Å². The molecule has 2 aliphatic heterocycles. The molecular weight excluding hydrogens is 288 g/mol. The molecule has 2 rings (SSSR count). The first-order valence-corrected chi connectivity index (χ1v) is 8.51. The van der Waals surface area contributed by atoms with Gasteiger partial charge in [0.15, 0.2) is 0 Å². The molecule has 1 amide bonds. The Bertz CT molecular complexity index is 548.